The molecular weight excluding hydrogens is 684 g/mol. The van der Waals surface area contributed by atoms with Crippen molar-refractivity contribution in [2.45, 2.75) is 92.2 Å². The van der Waals surface area contributed by atoms with Crippen LogP contribution >= 0.6 is 0 Å². The Bertz CT molecular complexity index is 1650. The fourth-order valence-electron chi connectivity index (χ4n) is 6.81. The van der Waals surface area contributed by atoms with Crippen LogP contribution in [0.15, 0.2) is 77.8 Å². The van der Waals surface area contributed by atoms with Crippen LogP contribution in [-0.2, 0) is 6.54 Å². The van der Waals surface area contributed by atoms with Crippen LogP contribution < -0.4 is 3.58 Å². The van der Waals surface area contributed by atoms with Crippen LogP contribution in [0.25, 0.3) is 5.69 Å². The van der Waals surface area contributed by atoms with Crippen molar-refractivity contribution in [1.29, 1.82) is 0 Å². The zero-order valence-electron chi connectivity index (χ0n) is 27.5. The van der Waals surface area contributed by atoms with E-state index in [0.29, 0.717) is 22.9 Å². The number of rotatable bonds is 14. The van der Waals surface area contributed by atoms with Crippen molar-refractivity contribution in [2.24, 2.45) is 4.99 Å². The molecule has 1 N–H and O–H groups in total. The van der Waals surface area contributed by atoms with Gasteiger partial charge in [0.1, 0.15) is 0 Å². The molecule has 1 unspecified atom stereocenters. The Balaban J connectivity index is 1.78. The average Bonchev–Trinajstić information content (AvgIpc) is 3.38. The van der Waals surface area contributed by atoms with E-state index < -0.39 is 36.5 Å². The van der Waals surface area contributed by atoms with Gasteiger partial charge in [0.25, 0.3) is 0 Å². The molecule has 3 aromatic carbocycles. The Hall–Kier alpha value is -3.53. The van der Waals surface area contributed by atoms with Crippen LogP contribution in [0.1, 0.15) is 93.8 Å². The molecule has 0 saturated heterocycles. The van der Waals surface area contributed by atoms with Crippen molar-refractivity contribution < 1.29 is 14.3 Å². The summed E-state index contributed by atoms with van der Waals surface area (Å²) in [5, 5.41) is 19.5. The van der Waals surface area contributed by atoms with E-state index in [1.165, 1.54) is 66.4 Å². The van der Waals surface area contributed by atoms with Crippen LogP contribution in [0.2, 0.25) is 13.3 Å². The number of unbranched alkanes of at least 4 members (excludes halogenated alkanes) is 3. The van der Waals surface area contributed by atoms with Crippen molar-refractivity contribution in [3.8, 4) is 5.69 Å². The minimum absolute atomic E-state index is 0.0903. The summed E-state index contributed by atoms with van der Waals surface area (Å²) in [6, 6.07) is 22.9. The molecule has 2 heterocycles. The maximum atomic E-state index is 15.8. The van der Waals surface area contributed by atoms with E-state index in [2.05, 4.69) is 49.2 Å². The van der Waals surface area contributed by atoms with E-state index in [-0.39, 0.29) is 6.54 Å². The maximum absolute atomic E-state index is 15.8. The minimum atomic E-state index is -2.93. The third-order valence-corrected chi connectivity index (χ3v) is 24.9. The van der Waals surface area contributed by atoms with E-state index in [1.54, 1.807) is 12.1 Å². The van der Waals surface area contributed by atoms with E-state index >= 15 is 4.39 Å². The van der Waals surface area contributed by atoms with E-state index in [1.807, 2.05) is 47.9 Å². The third kappa shape index (κ3) is 7.06. The Kier molecular flexibility index (Phi) is 11.3. The zero-order chi connectivity index (χ0) is 32.7. The van der Waals surface area contributed by atoms with Crippen molar-refractivity contribution in [1.82, 2.24) is 19.7 Å². The number of halogens is 1. The summed E-state index contributed by atoms with van der Waals surface area (Å²) in [7, 11) is 0. The Labute approximate surface area is 276 Å². The number of carboxylic acid groups (broad SMARTS) is 1. The first-order chi connectivity index (χ1) is 22.3. The van der Waals surface area contributed by atoms with Gasteiger partial charge in [-0.05, 0) is 0 Å². The quantitative estimate of drug-likeness (QED) is 0.132. The van der Waals surface area contributed by atoms with Gasteiger partial charge in [-0.1, -0.05) is 0 Å². The number of nitrogens with zero attached hydrogens (tertiary/aromatic N) is 5. The van der Waals surface area contributed by atoms with Crippen LogP contribution in [0, 0.1) is 12.7 Å². The van der Waals surface area contributed by atoms with Gasteiger partial charge in [-0.15, -0.1) is 0 Å². The normalized spacial score (nSPS) is 14.3. The van der Waals surface area contributed by atoms with Crippen LogP contribution in [0.3, 0.4) is 0 Å². The SMILES string of the molecule is CCC[CH2][Sn]([CH2]CCC)([CH2]CCC)[c]1ccc2c(c1)C(c1ccccc1F)=NC(N(Cc1ccccc1)C(=O)O)c1nnc(C)n1-2. The first-order valence-electron chi connectivity index (χ1n) is 16.8. The van der Waals surface area contributed by atoms with Crippen LogP contribution in [0.5, 0.6) is 0 Å². The molecule has 1 aromatic heterocycles. The Morgan fingerprint density at radius 3 is 2.11 bits per heavy atom. The van der Waals surface area contributed by atoms with Gasteiger partial charge in [0.15, 0.2) is 0 Å². The number of aryl methyl sites for hydroxylation is 1. The number of benzene rings is 3. The summed E-state index contributed by atoms with van der Waals surface area (Å²) in [6.07, 6.45) is 4.98. The van der Waals surface area contributed by atoms with Gasteiger partial charge in [0.2, 0.25) is 0 Å². The van der Waals surface area contributed by atoms with E-state index in [0.717, 1.165) is 16.8 Å². The number of aromatic nitrogens is 3. The molecule has 0 saturated carbocycles. The number of hydrogen-bond donors (Lipinski definition) is 1. The average molecular weight is 731 g/mol. The Morgan fingerprint density at radius 1 is 0.870 bits per heavy atom. The fraction of sp³-hybridized carbons (Fsp3) is 0.405. The van der Waals surface area contributed by atoms with Gasteiger partial charge in [0, 0.05) is 0 Å². The van der Waals surface area contributed by atoms with Crippen molar-refractivity contribution in [2.75, 3.05) is 0 Å². The molecule has 0 bridgehead atoms. The first kappa shape index (κ1) is 33.8. The molecule has 0 spiro atoms. The van der Waals surface area contributed by atoms with Crippen molar-refractivity contribution in [3.63, 3.8) is 0 Å². The molecule has 1 amide bonds. The molecule has 0 radical (unpaired) electrons. The molecule has 1 aliphatic heterocycles. The summed E-state index contributed by atoms with van der Waals surface area (Å²) in [6.45, 7) is 8.78. The molecular formula is C37H46FN5O2Sn. The molecule has 0 aliphatic carbocycles. The first-order valence-corrected chi connectivity index (χ1v) is 24.2. The topological polar surface area (TPSA) is 83.6 Å². The summed E-state index contributed by atoms with van der Waals surface area (Å²) < 4.78 is 23.0. The number of aliphatic imine (C=N–C) groups is 1. The molecule has 0 fully saturated rings. The molecule has 46 heavy (non-hydrogen) atoms. The van der Waals surface area contributed by atoms with Crippen LogP contribution in [0.4, 0.5) is 9.18 Å². The van der Waals surface area contributed by atoms with Crippen molar-refractivity contribution in [3.05, 3.63) is 107 Å². The van der Waals surface area contributed by atoms with Gasteiger partial charge in [-0.25, -0.2) is 0 Å². The van der Waals surface area contributed by atoms with Gasteiger partial charge < -0.3 is 0 Å². The number of hydrogen-bond acceptors (Lipinski definition) is 4. The molecule has 242 valence electrons. The second kappa shape index (κ2) is 15.4. The predicted molar refractivity (Wildman–Crippen MR) is 185 cm³/mol. The zero-order valence-corrected chi connectivity index (χ0v) is 30.4. The summed E-state index contributed by atoms with van der Waals surface area (Å²) in [5.74, 6) is 0.629. The van der Waals surface area contributed by atoms with Gasteiger partial charge in [0.05, 0.1) is 0 Å². The monoisotopic (exact) mass is 731 g/mol. The fourth-order valence-corrected chi connectivity index (χ4v) is 22.8. The number of fused-ring (bicyclic) bond motifs is 3. The summed E-state index contributed by atoms with van der Waals surface area (Å²) in [5.41, 5.74) is 3.23. The molecule has 1 atom stereocenters. The van der Waals surface area contributed by atoms with Crippen molar-refractivity contribution >= 4 is 33.8 Å². The van der Waals surface area contributed by atoms with Gasteiger partial charge in [-0.3, -0.25) is 0 Å². The van der Waals surface area contributed by atoms with E-state index in [4.69, 9.17) is 4.99 Å². The van der Waals surface area contributed by atoms with Gasteiger partial charge >= 0.3 is 278 Å². The molecule has 9 heteroatoms. The second-order valence-corrected chi connectivity index (χ2v) is 25.7. The Morgan fingerprint density at radius 2 is 1.50 bits per heavy atom. The summed E-state index contributed by atoms with van der Waals surface area (Å²) >= 11 is -2.93. The van der Waals surface area contributed by atoms with E-state index in [9.17, 15) is 9.90 Å². The summed E-state index contributed by atoms with van der Waals surface area (Å²) in [4.78, 5) is 19.4. The standard InChI is InChI=1S/C25H19FN5O2.3C4H9.Sn/c1-16-28-29-24-23(30(25(32)33)15-17-9-3-2-4-10-17)27-22(18-11-5-7-13-20(18)26)19-12-6-8-14-21(19)31(16)24;3*1-3-4-2;/h2-5,7-14,23H,15H2,1H3,(H,32,33);3*1,3-4H2,2H3;. The molecule has 7 nitrogen and oxygen atoms in total. The van der Waals surface area contributed by atoms with Gasteiger partial charge in [-0.2, -0.15) is 0 Å². The van der Waals surface area contributed by atoms with Crippen LogP contribution in [-0.4, -0.2) is 55.0 Å². The molecule has 1 aliphatic rings. The number of amides is 1. The second-order valence-electron chi connectivity index (χ2n) is 12.5. The third-order valence-electron chi connectivity index (χ3n) is 9.33. The molecule has 4 aromatic rings. The predicted octanol–water partition coefficient (Wildman–Crippen LogP) is 8.80. The molecule has 5 rings (SSSR count). The number of carbonyl (C=O) groups is 1.